The van der Waals surface area contributed by atoms with Crippen LogP contribution in [-0.2, 0) is 12.8 Å². The molecular weight excluding hydrogens is 132 g/mol. The molecule has 0 aliphatic heterocycles. The van der Waals surface area contributed by atoms with Crippen molar-refractivity contribution in [3.05, 3.63) is 34.9 Å². The van der Waals surface area contributed by atoms with E-state index in [2.05, 4.69) is 32.0 Å². The van der Waals surface area contributed by atoms with E-state index in [1.165, 1.54) is 18.4 Å². The van der Waals surface area contributed by atoms with Crippen LogP contribution in [-0.4, -0.2) is 0 Å². The molecular formula is C11H14. The molecule has 0 heteroatoms. The SMILES string of the molecule is Cc1ccc2c(c1)CC(C)C2. The molecule has 0 fully saturated rings. The quantitative estimate of drug-likeness (QED) is 0.528. The van der Waals surface area contributed by atoms with E-state index in [4.69, 9.17) is 0 Å². The minimum absolute atomic E-state index is 0.867. The Balaban J connectivity index is 2.43. The summed E-state index contributed by atoms with van der Waals surface area (Å²) >= 11 is 0. The molecule has 0 aromatic heterocycles. The van der Waals surface area contributed by atoms with Crippen LogP contribution in [0.4, 0.5) is 0 Å². The molecule has 1 aliphatic carbocycles. The highest BCUT2D eigenvalue weighted by molar-refractivity contribution is 5.35. The highest BCUT2D eigenvalue weighted by atomic mass is 14.2. The van der Waals surface area contributed by atoms with Crippen LogP contribution in [0.2, 0.25) is 0 Å². The molecule has 0 saturated heterocycles. The zero-order valence-electron chi connectivity index (χ0n) is 7.22. The van der Waals surface area contributed by atoms with Crippen molar-refractivity contribution in [2.45, 2.75) is 26.7 Å². The van der Waals surface area contributed by atoms with E-state index in [1.807, 2.05) is 0 Å². The third-order valence-electron chi connectivity index (χ3n) is 2.50. The maximum Gasteiger partial charge on any atom is -0.0247 e. The topological polar surface area (TPSA) is 0 Å². The third-order valence-corrected chi connectivity index (χ3v) is 2.50. The standard InChI is InChI=1S/C11H14/c1-8-3-4-10-6-9(2)7-11(10)5-8/h3-5,9H,6-7H2,1-2H3. The molecule has 0 bridgehead atoms. The van der Waals surface area contributed by atoms with E-state index >= 15 is 0 Å². The number of benzene rings is 1. The monoisotopic (exact) mass is 146 g/mol. The van der Waals surface area contributed by atoms with Gasteiger partial charge in [-0.15, -0.1) is 0 Å². The first kappa shape index (κ1) is 6.90. The maximum atomic E-state index is 2.33. The average Bonchev–Trinajstić information content (AvgIpc) is 2.27. The van der Waals surface area contributed by atoms with Gasteiger partial charge in [-0.2, -0.15) is 0 Å². The van der Waals surface area contributed by atoms with Crippen molar-refractivity contribution in [2.24, 2.45) is 5.92 Å². The van der Waals surface area contributed by atoms with E-state index in [0.29, 0.717) is 0 Å². The van der Waals surface area contributed by atoms with Crippen molar-refractivity contribution in [2.75, 3.05) is 0 Å². The molecule has 0 saturated carbocycles. The number of hydrogen-bond acceptors (Lipinski definition) is 0. The molecule has 1 unspecified atom stereocenters. The Labute approximate surface area is 68.3 Å². The lowest BCUT2D eigenvalue weighted by Crippen LogP contribution is -1.89. The summed E-state index contributed by atoms with van der Waals surface area (Å²) in [7, 11) is 0. The maximum absolute atomic E-state index is 2.33. The Kier molecular flexibility index (Phi) is 1.49. The number of aryl methyl sites for hydroxylation is 1. The van der Waals surface area contributed by atoms with Gasteiger partial charge in [-0.1, -0.05) is 30.7 Å². The summed E-state index contributed by atoms with van der Waals surface area (Å²) in [6.45, 7) is 4.50. The molecule has 1 aromatic carbocycles. The molecule has 1 aliphatic rings. The van der Waals surface area contributed by atoms with Gasteiger partial charge in [0.1, 0.15) is 0 Å². The molecule has 0 heterocycles. The van der Waals surface area contributed by atoms with Crippen LogP contribution in [0.25, 0.3) is 0 Å². The Morgan fingerprint density at radius 1 is 1.18 bits per heavy atom. The third kappa shape index (κ3) is 1.18. The van der Waals surface area contributed by atoms with E-state index in [0.717, 1.165) is 5.92 Å². The average molecular weight is 146 g/mol. The van der Waals surface area contributed by atoms with Gasteiger partial charge in [0, 0.05) is 0 Å². The minimum Gasteiger partial charge on any atom is -0.0619 e. The first-order valence-corrected chi connectivity index (χ1v) is 4.34. The van der Waals surface area contributed by atoms with Crippen molar-refractivity contribution >= 4 is 0 Å². The van der Waals surface area contributed by atoms with Crippen molar-refractivity contribution in [3.8, 4) is 0 Å². The van der Waals surface area contributed by atoms with Crippen molar-refractivity contribution in [1.29, 1.82) is 0 Å². The summed E-state index contributed by atoms with van der Waals surface area (Å²) in [5.41, 5.74) is 4.55. The van der Waals surface area contributed by atoms with E-state index in [-0.39, 0.29) is 0 Å². The lowest BCUT2D eigenvalue weighted by atomic mass is 10.1. The molecule has 1 aromatic rings. The van der Waals surface area contributed by atoms with E-state index < -0.39 is 0 Å². The van der Waals surface area contributed by atoms with Crippen LogP contribution in [0.5, 0.6) is 0 Å². The van der Waals surface area contributed by atoms with Gasteiger partial charge in [0.25, 0.3) is 0 Å². The summed E-state index contributed by atoms with van der Waals surface area (Å²) in [5.74, 6) is 0.867. The van der Waals surface area contributed by atoms with Crippen LogP contribution < -0.4 is 0 Å². The Bertz CT molecular complexity index is 273. The summed E-state index contributed by atoms with van der Waals surface area (Å²) < 4.78 is 0. The molecule has 1 atom stereocenters. The van der Waals surface area contributed by atoms with Crippen LogP contribution >= 0.6 is 0 Å². The first-order chi connectivity index (χ1) is 5.25. The van der Waals surface area contributed by atoms with Gasteiger partial charge in [-0.25, -0.2) is 0 Å². The van der Waals surface area contributed by atoms with Gasteiger partial charge in [-0.05, 0) is 36.8 Å². The molecule has 58 valence electrons. The molecule has 0 radical (unpaired) electrons. The van der Waals surface area contributed by atoms with Crippen LogP contribution in [0.3, 0.4) is 0 Å². The minimum atomic E-state index is 0.867. The second-order valence-corrected chi connectivity index (χ2v) is 3.79. The Morgan fingerprint density at radius 3 is 2.73 bits per heavy atom. The summed E-state index contributed by atoms with van der Waals surface area (Å²) in [6, 6.07) is 6.84. The smallest absolute Gasteiger partial charge is 0.0247 e. The fourth-order valence-corrected chi connectivity index (χ4v) is 1.97. The Hall–Kier alpha value is -0.780. The van der Waals surface area contributed by atoms with Crippen LogP contribution in [0.15, 0.2) is 18.2 Å². The van der Waals surface area contributed by atoms with E-state index in [9.17, 15) is 0 Å². The summed E-state index contributed by atoms with van der Waals surface area (Å²) in [6.07, 6.45) is 2.58. The largest absolute Gasteiger partial charge is 0.0619 e. The van der Waals surface area contributed by atoms with E-state index in [1.54, 1.807) is 11.1 Å². The zero-order chi connectivity index (χ0) is 7.84. The number of fused-ring (bicyclic) bond motifs is 1. The zero-order valence-corrected chi connectivity index (χ0v) is 7.22. The normalized spacial score (nSPS) is 21.8. The van der Waals surface area contributed by atoms with Gasteiger partial charge in [0.05, 0.1) is 0 Å². The highest BCUT2D eigenvalue weighted by Gasteiger charge is 2.16. The lowest BCUT2D eigenvalue weighted by molar-refractivity contribution is 0.628. The van der Waals surface area contributed by atoms with Crippen LogP contribution in [0.1, 0.15) is 23.6 Å². The lowest BCUT2D eigenvalue weighted by Gasteiger charge is -1.98. The van der Waals surface area contributed by atoms with Gasteiger partial charge in [0.15, 0.2) is 0 Å². The fourth-order valence-electron chi connectivity index (χ4n) is 1.97. The van der Waals surface area contributed by atoms with Crippen molar-refractivity contribution in [1.82, 2.24) is 0 Å². The predicted molar refractivity (Wildman–Crippen MR) is 47.8 cm³/mol. The van der Waals surface area contributed by atoms with Gasteiger partial charge in [0.2, 0.25) is 0 Å². The summed E-state index contributed by atoms with van der Waals surface area (Å²) in [4.78, 5) is 0. The van der Waals surface area contributed by atoms with Gasteiger partial charge >= 0.3 is 0 Å². The highest BCUT2D eigenvalue weighted by Crippen LogP contribution is 2.26. The molecule has 0 N–H and O–H groups in total. The molecule has 0 spiro atoms. The number of rotatable bonds is 0. The van der Waals surface area contributed by atoms with Crippen LogP contribution in [0, 0.1) is 12.8 Å². The van der Waals surface area contributed by atoms with Crippen molar-refractivity contribution < 1.29 is 0 Å². The molecule has 11 heavy (non-hydrogen) atoms. The fraction of sp³-hybridized carbons (Fsp3) is 0.455. The second-order valence-electron chi connectivity index (χ2n) is 3.79. The molecule has 0 amide bonds. The summed E-state index contributed by atoms with van der Waals surface area (Å²) in [5, 5.41) is 0. The predicted octanol–water partition coefficient (Wildman–Crippen LogP) is 2.73. The Morgan fingerprint density at radius 2 is 1.91 bits per heavy atom. The van der Waals surface area contributed by atoms with Gasteiger partial charge < -0.3 is 0 Å². The molecule has 0 nitrogen and oxygen atoms in total. The second kappa shape index (κ2) is 2.37. The van der Waals surface area contributed by atoms with Crippen molar-refractivity contribution in [3.63, 3.8) is 0 Å². The number of hydrogen-bond donors (Lipinski definition) is 0. The molecule has 2 rings (SSSR count). The first-order valence-electron chi connectivity index (χ1n) is 4.34. The van der Waals surface area contributed by atoms with Gasteiger partial charge in [-0.3, -0.25) is 0 Å².